The van der Waals surface area contributed by atoms with Crippen molar-refractivity contribution in [3.63, 3.8) is 0 Å². The van der Waals surface area contributed by atoms with Crippen molar-refractivity contribution in [2.24, 2.45) is 0 Å². The molecular weight excluding hydrogens is 270 g/mol. The SMILES string of the molecule is C/C=c1/c(=O)n(C2CCC(=O)NC2=O)cn/c1=C(\C)CC. The standard InChI is InChI=1S/C15H19N3O3/c1-4-9(3)13-10(5-2)15(21)18(8-16-13)11-6-7-12(19)17-14(11)20/h5,8,11H,4,6-7H2,1-3H3,(H,17,19,20)/b10-5+,13-9+. The van der Waals surface area contributed by atoms with E-state index in [0.29, 0.717) is 17.0 Å². The zero-order valence-electron chi connectivity index (χ0n) is 12.5. The highest BCUT2D eigenvalue weighted by molar-refractivity contribution is 5.99. The van der Waals surface area contributed by atoms with Crippen molar-refractivity contribution in [1.82, 2.24) is 14.9 Å². The smallest absolute Gasteiger partial charge is 0.261 e. The van der Waals surface area contributed by atoms with Gasteiger partial charge < -0.3 is 0 Å². The van der Waals surface area contributed by atoms with Crippen molar-refractivity contribution < 1.29 is 9.59 Å². The Bertz CT molecular complexity index is 761. The second-order valence-electron chi connectivity index (χ2n) is 5.11. The van der Waals surface area contributed by atoms with Crippen LogP contribution in [0.1, 0.15) is 46.1 Å². The summed E-state index contributed by atoms with van der Waals surface area (Å²) in [6, 6.07) is -0.669. The van der Waals surface area contributed by atoms with Crippen LogP contribution in [0.4, 0.5) is 0 Å². The van der Waals surface area contributed by atoms with Crippen LogP contribution in [0, 0.1) is 0 Å². The van der Waals surface area contributed by atoms with Crippen LogP contribution in [0.5, 0.6) is 0 Å². The fourth-order valence-electron chi connectivity index (χ4n) is 2.42. The van der Waals surface area contributed by atoms with E-state index in [-0.39, 0.29) is 17.9 Å². The molecule has 1 aliphatic heterocycles. The molecule has 2 amide bonds. The van der Waals surface area contributed by atoms with Crippen LogP contribution in [0.2, 0.25) is 0 Å². The molecule has 112 valence electrons. The molecular formula is C15H19N3O3. The Labute approximate surface area is 122 Å². The quantitative estimate of drug-likeness (QED) is 0.751. The molecule has 0 aliphatic carbocycles. The molecule has 1 aliphatic rings. The molecule has 0 saturated carbocycles. The molecule has 1 aromatic heterocycles. The van der Waals surface area contributed by atoms with Crippen LogP contribution >= 0.6 is 0 Å². The molecule has 1 saturated heterocycles. The molecule has 0 aromatic carbocycles. The monoisotopic (exact) mass is 289 g/mol. The van der Waals surface area contributed by atoms with E-state index in [2.05, 4.69) is 10.3 Å². The summed E-state index contributed by atoms with van der Waals surface area (Å²) in [6.45, 7) is 5.72. The maximum atomic E-state index is 12.6. The van der Waals surface area contributed by atoms with Gasteiger partial charge in [-0.2, -0.15) is 0 Å². The summed E-state index contributed by atoms with van der Waals surface area (Å²) >= 11 is 0. The molecule has 1 unspecified atom stereocenters. The zero-order valence-corrected chi connectivity index (χ0v) is 12.5. The summed E-state index contributed by atoms with van der Waals surface area (Å²) in [5, 5.41) is 3.44. The summed E-state index contributed by atoms with van der Waals surface area (Å²) in [5.74, 6) is -0.743. The van der Waals surface area contributed by atoms with Gasteiger partial charge in [-0.25, -0.2) is 4.98 Å². The van der Waals surface area contributed by atoms with Crippen LogP contribution in [0.25, 0.3) is 11.6 Å². The van der Waals surface area contributed by atoms with Crippen LogP contribution in [-0.4, -0.2) is 21.4 Å². The third-order valence-corrected chi connectivity index (χ3v) is 3.80. The van der Waals surface area contributed by atoms with Gasteiger partial charge in [-0.3, -0.25) is 24.3 Å². The highest BCUT2D eigenvalue weighted by Crippen LogP contribution is 2.15. The van der Waals surface area contributed by atoms with E-state index >= 15 is 0 Å². The van der Waals surface area contributed by atoms with Gasteiger partial charge in [-0.1, -0.05) is 13.0 Å². The molecule has 6 nitrogen and oxygen atoms in total. The fourth-order valence-corrected chi connectivity index (χ4v) is 2.42. The van der Waals surface area contributed by atoms with E-state index in [1.807, 2.05) is 13.8 Å². The van der Waals surface area contributed by atoms with Crippen LogP contribution in [0.3, 0.4) is 0 Å². The van der Waals surface area contributed by atoms with Crippen LogP contribution in [-0.2, 0) is 9.59 Å². The minimum atomic E-state index is -0.669. The molecule has 0 spiro atoms. The minimum absolute atomic E-state index is 0.232. The Morgan fingerprint density at radius 3 is 2.76 bits per heavy atom. The number of piperidine rings is 1. The number of hydrogen-bond acceptors (Lipinski definition) is 4. The zero-order chi connectivity index (χ0) is 15.6. The third-order valence-electron chi connectivity index (χ3n) is 3.80. The first kappa shape index (κ1) is 15.2. The lowest BCUT2D eigenvalue weighted by Crippen LogP contribution is -2.52. The Balaban J connectivity index is 2.62. The van der Waals surface area contributed by atoms with E-state index in [0.717, 1.165) is 12.0 Å². The van der Waals surface area contributed by atoms with Crippen molar-refractivity contribution in [2.45, 2.75) is 46.1 Å². The van der Waals surface area contributed by atoms with Gasteiger partial charge in [0.2, 0.25) is 11.8 Å². The van der Waals surface area contributed by atoms with E-state index in [9.17, 15) is 14.4 Å². The molecule has 0 bridgehead atoms. The average Bonchev–Trinajstić information content (AvgIpc) is 2.47. The summed E-state index contributed by atoms with van der Waals surface area (Å²) in [7, 11) is 0. The first-order valence-electron chi connectivity index (χ1n) is 7.06. The molecule has 1 N–H and O–H groups in total. The fraction of sp³-hybridized carbons (Fsp3) is 0.467. The first-order valence-corrected chi connectivity index (χ1v) is 7.06. The van der Waals surface area contributed by atoms with Crippen molar-refractivity contribution >= 4 is 23.5 Å². The van der Waals surface area contributed by atoms with Crippen molar-refractivity contribution in [1.29, 1.82) is 0 Å². The Kier molecular flexibility index (Phi) is 4.35. The summed E-state index contributed by atoms with van der Waals surface area (Å²) in [4.78, 5) is 40.0. The van der Waals surface area contributed by atoms with E-state index < -0.39 is 11.9 Å². The average molecular weight is 289 g/mol. The summed E-state index contributed by atoms with van der Waals surface area (Å²) in [6.07, 6.45) is 4.48. The van der Waals surface area contributed by atoms with E-state index in [1.165, 1.54) is 10.9 Å². The normalized spacial score (nSPS) is 21.3. The summed E-state index contributed by atoms with van der Waals surface area (Å²) < 4.78 is 1.32. The van der Waals surface area contributed by atoms with Crippen LogP contribution in [0.15, 0.2) is 11.1 Å². The maximum Gasteiger partial charge on any atom is 0.261 e. The van der Waals surface area contributed by atoms with Gasteiger partial charge in [-0.05, 0) is 32.3 Å². The van der Waals surface area contributed by atoms with Gasteiger partial charge in [-0.15, -0.1) is 0 Å². The number of imide groups is 1. The van der Waals surface area contributed by atoms with E-state index in [4.69, 9.17) is 0 Å². The van der Waals surface area contributed by atoms with Gasteiger partial charge in [0.05, 0.1) is 16.9 Å². The third kappa shape index (κ3) is 2.79. The molecule has 21 heavy (non-hydrogen) atoms. The van der Waals surface area contributed by atoms with Crippen molar-refractivity contribution in [3.05, 3.63) is 27.2 Å². The second kappa shape index (κ2) is 6.03. The highest BCUT2D eigenvalue weighted by Gasteiger charge is 2.28. The number of nitrogens with zero attached hydrogens (tertiary/aromatic N) is 2. The van der Waals surface area contributed by atoms with Gasteiger partial charge in [0.25, 0.3) is 5.56 Å². The molecule has 6 heteroatoms. The second-order valence-corrected chi connectivity index (χ2v) is 5.11. The number of carbonyl (C=O) groups excluding carboxylic acids is 2. The number of nitrogens with one attached hydrogen (secondary N) is 1. The lowest BCUT2D eigenvalue weighted by Gasteiger charge is -2.22. The van der Waals surface area contributed by atoms with Gasteiger partial charge >= 0.3 is 0 Å². The molecule has 1 atom stereocenters. The summed E-state index contributed by atoms with van der Waals surface area (Å²) in [5.41, 5.74) is 0.778. The van der Waals surface area contributed by atoms with Crippen molar-refractivity contribution in [2.75, 3.05) is 0 Å². The first-order chi connectivity index (χ1) is 9.99. The molecule has 1 aromatic rings. The number of amides is 2. The Morgan fingerprint density at radius 2 is 2.19 bits per heavy atom. The van der Waals surface area contributed by atoms with Crippen molar-refractivity contribution in [3.8, 4) is 0 Å². The minimum Gasteiger partial charge on any atom is -0.295 e. The molecule has 1 fully saturated rings. The number of aromatic nitrogens is 2. The van der Waals surface area contributed by atoms with E-state index in [1.54, 1.807) is 13.0 Å². The Morgan fingerprint density at radius 1 is 1.48 bits per heavy atom. The number of rotatable bonds is 2. The number of hydrogen-bond donors (Lipinski definition) is 1. The van der Waals surface area contributed by atoms with Gasteiger partial charge in [0.15, 0.2) is 0 Å². The lowest BCUT2D eigenvalue weighted by atomic mass is 10.1. The number of carbonyl (C=O) groups is 2. The lowest BCUT2D eigenvalue weighted by molar-refractivity contribution is -0.135. The molecule has 2 rings (SSSR count). The van der Waals surface area contributed by atoms with Gasteiger partial charge in [0, 0.05) is 6.42 Å². The largest absolute Gasteiger partial charge is 0.295 e. The van der Waals surface area contributed by atoms with Gasteiger partial charge in [0.1, 0.15) is 6.04 Å². The predicted octanol–water partition coefficient (Wildman–Crippen LogP) is -0.398. The maximum absolute atomic E-state index is 12.6. The highest BCUT2D eigenvalue weighted by atomic mass is 16.2. The molecule has 2 heterocycles. The molecule has 0 radical (unpaired) electrons. The Hall–Kier alpha value is -2.24. The predicted molar refractivity (Wildman–Crippen MR) is 78.7 cm³/mol. The topological polar surface area (TPSA) is 81.1 Å². The van der Waals surface area contributed by atoms with Crippen LogP contribution < -0.4 is 21.4 Å².